The van der Waals surface area contributed by atoms with Crippen LogP contribution in [0.15, 0.2) is 35.2 Å². The van der Waals surface area contributed by atoms with E-state index in [2.05, 4.69) is 0 Å². The summed E-state index contributed by atoms with van der Waals surface area (Å²) >= 11 is 0. The lowest BCUT2D eigenvalue weighted by molar-refractivity contribution is 0.382. The molecule has 146 valence electrons. The van der Waals surface area contributed by atoms with Crippen molar-refractivity contribution in [3.8, 4) is 5.75 Å². The summed E-state index contributed by atoms with van der Waals surface area (Å²) in [6, 6.07) is 8.35. The molecule has 0 aliphatic carbocycles. The van der Waals surface area contributed by atoms with Crippen molar-refractivity contribution in [2.45, 2.75) is 25.7 Å². The molecule has 1 heterocycles. The smallest absolute Gasteiger partial charge is 0.243 e. The molecule has 2 aromatic rings. The van der Waals surface area contributed by atoms with Crippen LogP contribution in [0.4, 0.5) is 10.1 Å². The predicted octanol–water partition coefficient (Wildman–Crippen LogP) is 3.27. The Labute approximate surface area is 160 Å². The second kappa shape index (κ2) is 7.48. The van der Waals surface area contributed by atoms with E-state index in [-0.39, 0.29) is 5.82 Å². The lowest BCUT2D eigenvalue weighted by atomic mass is 10.1. The van der Waals surface area contributed by atoms with E-state index in [4.69, 9.17) is 4.74 Å². The van der Waals surface area contributed by atoms with E-state index < -0.39 is 10.0 Å². The molecule has 0 amide bonds. The highest BCUT2D eigenvalue weighted by molar-refractivity contribution is 7.89. The number of rotatable bonds is 4. The quantitative estimate of drug-likeness (QED) is 0.801. The Bertz CT molecular complexity index is 952. The van der Waals surface area contributed by atoms with Gasteiger partial charge in [-0.1, -0.05) is 12.1 Å². The fraction of sp³-hybridized carbons (Fsp3) is 0.400. The molecule has 1 aliphatic heterocycles. The molecule has 1 aliphatic rings. The lowest BCUT2D eigenvalue weighted by Crippen LogP contribution is -2.49. The number of nitrogens with zero attached hydrogens (tertiary/aromatic N) is 2. The van der Waals surface area contributed by atoms with Crippen LogP contribution in [-0.2, 0) is 10.0 Å². The molecule has 5 nitrogen and oxygen atoms in total. The number of halogens is 1. The monoisotopic (exact) mass is 392 g/mol. The number of aryl methyl sites for hydroxylation is 1. The van der Waals surface area contributed by atoms with E-state index in [1.54, 1.807) is 38.3 Å². The van der Waals surface area contributed by atoms with Gasteiger partial charge in [0.25, 0.3) is 0 Å². The minimum Gasteiger partial charge on any atom is -0.496 e. The van der Waals surface area contributed by atoms with Crippen LogP contribution in [0.5, 0.6) is 5.75 Å². The molecule has 0 atom stereocenters. The van der Waals surface area contributed by atoms with Crippen molar-refractivity contribution in [1.29, 1.82) is 0 Å². The van der Waals surface area contributed by atoms with Crippen LogP contribution in [0.2, 0.25) is 0 Å². The first-order valence-corrected chi connectivity index (χ1v) is 10.4. The third-order valence-corrected chi connectivity index (χ3v) is 7.42. The van der Waals surface area contributed by atoms with Crippen molar-refractivity contribution in [3.05, 3.63) is 52.8 Å². The second-order valence-corrected chi connectivity index (χ2v) is 8.69. The van der Waals surface area contributed by atoms with Crippen LogP contribution >= 0.6 is 0 Å². The summed E-state index contributed by atoms with van der Waals surface area (Å²) < 4.78 is 47.4. The Morgan fingerprint density at radius 1 is 1.00 bits per heavy atom. The zero-order valence-corrected chi connectivity index (χ0v) is 16.9. The van der Waals surface area contributed by atoms with Gasteiger partial charge in [-0.25, -0.2) is 12.8 Å². The van der Waals surface area contributed by atoms with Gasteiger partial charge < -0.3 is 9.64 Å². The molecule has 3 rings (SSSR count). The minimum absolute atomic E-state index is 0.286. The van der Waals surface area contributed by atoms with Gasteiger partial charge in [-0.3, -0.25) is 0 Å². The molecule has 0 radical (unpaired) electrons. The molecule has 1 fully saturated rings. The molecule has 2 aromatic carbocycles. The van der Waals surface area contributed by atoms with Gasteiger partial charge in [-0.2, -0.15) is 4.31 Å². The number of ether oxygens (including phenoxy) is 1. The zero-order chi connectivity index (χ0) is 19.8. The highest BCUT2D eigenvalue weighted by atomic mass is 32.2. The average Bonchev–Trinajstić information content (AvgIpc) is 2.65. The van der Waals surface area contributed by atoms with Gasteiger partial charge in [-0.05, 0) is 55.7 Å². The van der Waals surface area contributed by atoms with Crippen LogP contribution in [0.1, 0.15) is 16.7 Å². The van der Waals surface area contributed by atoms with Crippen LogP contribution < -0.4 is 9.64 Å². The van der Waals surface area contributed by atoms with Gasteiger partial charge in [0.1, 0.15) is 11.6 Å². The molecule has 0 unspecified atom stereocenters. The van der Waals surface area contributed by atoms with E-state index in [9.17, 15) is 12.8 Å². The first-order chi connectivity index (χ1) is 12.8. The van der Waals surface area contributed by atoms with Gasteiger partial charge in [0.05, 0.1) is 17.7 Å². The molecule has 27 heavy (non-hydrogen) atoms. The third kappa shape index (κ3) is 3.53. The number of sulfonamides is 1. The summed E-state index contributed by atoms with van der Waals surface area (Å²) in [4.78, 5) is 2.24. The highest BCUT2D eigenvalue weighted by Crippen LogP contribution is 2.33. The topological polar surface area (TPSA) is 49.9 Å². The fourth-order valence-corrected chi connectivity index (χ4v) is 5.54. The summed E-state index contributed by atoms with van der Waals surface area (Å²) in [5.74, 6) is 0.402. The van der Waals surface area contributed by atoms with Crippen LogP contribution in [-0.4, -0.2) is 46.0 Å². The summed E-state index contributed by atoms with van der Waals surface area (Å²) in [6.07, 6.45) is 0. The van der Waals surface area contributed by atoms with Crippen molar-refractivity contribution in [1.82, 2.24) is 4.31 Å². The standard InChI is InChI=1S/C20H25FN2O3S/c1-14-13-19(26-4)15(2)16(3)20(14)27(24,25)23-11-9-22(10-12-23)18-8-6-5-7-17(18)21/h5-8,13H,9-12H2,1-4H3. The van der Waals surface area contributed by atoms with Crippen LogP contribution in [0.25, 0.3) is 0 Å². The van der Waals surface area contributed by atoms with E-state index in [1.807, 2.05) is 18.7 Å². The number of piperazine rings is 1. The van der Waals surface area contributed by atoms with Crippen LogP contribution in [0, 0.1) is 26.6 Å². The molecule has 7 heteroatoms. The SMILES string of the molecule is COc1cc(C)c(S(=O)(=O)N2CCN(c3ccccc3F)CC2)c(C)c1C. The Morgan fingerprint density at radius 2 is 1.63 bits per heavy atom. The van der Waals surface area contributed by atoms with Gasteiger partial charge in [0.15, 0.2) is 0 Å². The maximum Gasteiger partial charge on any atom is 0.243 e. The van der Waals surface area contributed by atoms with E-state index in [0.29, 0.717) is 53.6 Å². The first kappa shape index (κ1) is 19.6. The van der Waals surface area contributed by atoms with Crippen LogP contribution in [0.3, 0.4) is 0 Å². The molecule has 0 spiro atoms. The first-order valence-electron chi connectivity index (χ1n) is 8.91. The van der Waals surface area contributed by atoms with Crippen molar-refractivity contribution >= 4 is 15.7 Å². The molecule has 0 saturated carbocycles. The van der Waals surface area contributed by atoms with Gasteiger partial charge in [0, 0.05) is 26.2 Å². The van der Waals surface area contributed by atoms with E-state index >= 15 is 0 Å². The minimum atomic E-state index is -3.63. The van der Waals surface area contributed by atoms with Gasteiger partial charge in [0.2, 0.25) is 10.0 Å². The van der Waals surface area contributed by atoms with E-state index in [1.165, 1.54) is 10.4 Å². The summed E-state index contributed by atoms with van der Waals surface area (Å²) in [5.41, 5.74) is 2.73. The number of anilines is 1. The summed E-state index contributed by atoms with van der Waals surface area (Å²) in [5, 5.41) is 0. The summed E-state index contributed by atoms with van der Waals surface area (Å²) in [7, 11) is -2.05. The predicted molar refractivity (Wildman–Crippen MR) is 105 cm³/mol. The second-order valence-electron chi connectivity index (χ2n) is 6.82. The van der Waals surface area contributed by atoms with Gasteiger partial charge >= 0.3 is 0 Å². The van der Waals surface area contributed by atoms with Crippen molar-refractivity contribution in [2.24, 2.45) is 0 Å². The molecule has 0 N–H and O–H groups in total. The third-order valence-electron chi connectivity index (χ3n) is 5.23. The Hall–Kier alpha value is -2.12. The van der Waals surface area contributed by atoms with E-state index in [0.717, 1.165) is 5.56 Å². The lowest BCUT2D eigenvalue weighted by Gasteiger charge is -2.36. The van der Waals surface area contributed by atoms with Gasteiger partial charge in [-0.15, -0.1) is 0 Å². The Kier molecular flexibility index (Phi) is 5.44. The molecular weight excluding hydrogens is 367 g/mol. The highest BCUT2D eigenvalue weighted by Gasteiger charge is 2.32. The van der Waals surface area contributed by atoms with Crippen molar-refractivity contribution < 1.29 is 17.5 Å². The number of para-hydroxylation sites is 1. The zero-order valence-electron chi connectivity index (χ0n) is 16.1. The summed E-state index contributed by atoms with van der Waals surface area (Å²) in [6.45, 7) is 7.01. The Balaban J connectivity index is 1.86. The number of hydrogen-bond donors (Lipinski definition) is 0. The molecular formula is C20H25FN2O3S. The fourth-order valence-electron chi connectivity index (χ4n) is 3.64. The van der Waals surface area contributed by atoms with Crippen molar-refractivity contribution in [3.63, 3.8) is 0 Å². The average molecular weight is 392 g/mol. The normalized spacial score (nSPS) is 15.8. The molecule has 0 bridgehead atoms. The maximum atomic E-state index is 14.0. The molecule has 0 aromatic heterocycles. The number of benzene rings is 2. The largest absolute Gasteiger partial charge is 0.496 e. The Morgan fingerprint density at radius 3 is 2.22 bits per heavy atom. The molecule has 1 saturated heterocycles. The number of hydrogen-bond acceptors (Lipinski definition) is 4. The maximum absolute atomic E-state index is 14.0. The number of methoxy groups -OCH3 is 1. The van der Waals surface area contributed by atoms with Crippen molar-refractivity contribution in [2.75, 3.05) is 38.2 Å².